The van der Waals surface area contributed by atoms with Crippen LogP contribution in [-0.4, -0.2) is 45.2 Å². The van der Waals surface area contributed by atoms with Gasteiger partial charge in [0.15, 0.2) is 0 Å². The summed E-state index contributed by atoms with van der Waals surface area (Å²) >= 11 is 0. The first-order chi connectivity index (χ1) is 9.13. The van der Waals surface area contributed by atoms with Gasteiger partial charge in [-0.2, -0.15) is 0 Å². The SMILES string of the molecule is CNC(C)c1ccccc1N(C)C1CCN(C)CC1. The van der Waals surface area contributed by atoms with Crippen molar-refractivity contribution in [3.05, 3.63) is 29.8 Å². The fourth-order valence-electron chi connectivity index (χ4n) is 2.91. The van der Waals surface area contributed by atoms with Gasteiger partial charge in [-0.05, 0) is 58.6 Å². The zero-order valence-electron chi connectivity index (χ0n) is 12.7. The van der Waals surface area contributed by atoms with Gasteiger partial charge >= 0.3 is 0 Å². The minimum absolute atomic E-state index is 0.393. The van der Waals surface area contributed by atoms with E-state index in [1.165, 1.54) is 37.2 Å². The van der Waals surface area contributed by atoms with Crippen LogP contribution in [0, 0.1) is 0 Å². The van der Waals surface area contributed by atoms with Crippen LogP contribution in [0.5, 0.6) is 0 Å². The van der Waals surface area contributed by atoms with Crippen molar-refractivity contribution in [3.63, 3.8) is 0 Å². The predicted molar refractivity (Wildman–Crippen MR) is 82.8 cm³/mol. The van der Waals surface area contributed by atoms with E-state index in [9.17, 15) is 0 Å². The fourth-order valence-corrected chi connectivity index (χ4v) is 2.91. The van der Waals surface area contributed by atoms with E-state index in [2.05, 4.69) is 60.4 Å². The van der Waals surface area contributed by atoms with Crippen molar-refractivity contribution in [2.75, 3.05) is 39.1 Å². The lowest BCUT2D eigenvalue weighted by molar-refractivity contribution is 0.252. The van der Waals surface area contributed by atoms with Crippen molar-refractivity contribution >= 4 is 5.69 Å². The highest BCUT2D eigenvalue weighted by Gasteiger charge is 2.22. The number of benzene rings is 1. The summed E-state index contributed by atoms with van der Waals surface area (Å²) in [6.45, 7) is 4.64. The smallest absolute Gasteiger partial charge is 0.0414 e. The summed E-state index contributed by atoms with van der Waals surface area (Å²) in [5.41, 5.74) is 2.77. The molecule has 1 saturated heterocycles. The molecule has 0 radical (unpaired) electrons. The standard InChI is InChI=1S/C16H27N3/c1-13(17-2)15-7-5-6-8-16(15)19(4)14-9-11-18(3)12-10-14/h5-8,13-14,17H,9-12H2,1-4H3. The first-order valence-corrected chi connectivity index (χ1v) is 7.31. The van der Waals surface area contributed by atoms with Gasteiger partial charge in [-0.25, -0.2) is 0 Å². The van der Waals surface area contributed by atoms with Crippen LogP contribution in [0.4, 0.5) is 5.69 Å². The lowest BCUT2D eigenvalue weighted by atomic mass is 10.00. The summed E-state index contributed by atoms with van der Waals surface area (Å²) in [5, 5.41) is 3.35. The number of piperidine rings is 1. The Bertz CT molecular complexity index is 397. The van der Waals surface area contributed by atoms with Crippen LogP contribution < -0.4 is 10.2 Å². The predicted octanol–water partition coefficient (Wildman–Crippen LogP) is 2.50. The Labute approximate surface area is 117 Å². The van der Waals surface area contributed by atoms with Crippen LogP contribution in [0.1, 0.15) is 31.4 Å². The number of para-hydroxylation sites is 1. The molecule has 1 N–H and O–H groups in total. The number of nitrogens with zero attached hydrogens (tertiary/aromatic N) is 2. The van der Waals surface area contributed by atoms with Crippen molar-refractivity contribution in [1.82, 2.24) is 10.2 Å². The van der Waals surface area contributed by atoms with Crippen LogP contribution in [0.15, 0.2) is 24.3 Å². The molecule has 1 aromatic carbocycles. The van der Waals surface area contributed by atoms with Crippen LogP contribution in [0.2, 0.25) is 0 Å². The molecule has 1 atom stereocenters. The summed E-state index contributed by atoms with van der Waals surface area (Å²) < 4.78 is 0. The molecule has 1 aliphatic heterocycles. The normalized spacial score (nSPS) is 19.4. The van der Waals surface area contributed by atoms with Gasteiger partial charge in [-0.1, -0.05) is 18.2 Å². The van der Waals surface area contributed by atoms with E-state index < -0.39 is 0 Å². The monoisotopic (exact) mass is 261 g/mol. The number of nitrogens with one attached hydrogen (secondary N) is 1. The second-order valence-electron chi connectivity index (χ2n) is 5.71. The van der Waals surface area contributed by atoms with Crippen LogP contribution in [0.25, 0.3) is 0 Å². The molecule has 0 aromatic heterocycles. The maximum absolute atomic E-state index is 3.35. The van der Waals surface area contributed by atoms with E-state index in [-0.39, 0.29) is 0 Å². The molecule has 0 aliphatic carbocycles. The molecule has 2 rings (SSSR count). The highest BCUT2D eigenvalue weighted by Crippen LogP contribution is 2.29. The van der Waals surface area contributed by atoms with Gasteiger partial charge < -0.3 is 15.1 Å². The average molecular weight is 261 g/mol. The molecule has 0 bridgehead atoms. The highest BCUT2D eigenvalue weighted by atomic mass is 15.2. The first kappa shape index (κ1) is 14.4. The third kappa shape index (κ3) is 3.28. The van der Waals surface area contributed by atoms with Gasteiger partial charge in [0, 0.05) is 24.8 Å². The van der Waals surface area contributed by atoms with Crippen molar-refractivity contribution in [2.45, 2.75) is 31.8 Å². The van der Waals surface area contributed by atoms with Gasteiger partial charge in [0.1, 0.15) is 0 Å². The summed E-state index contributed by atoms with van der Waals surface area (Å²) in [4.78, 5) is 4.91. The Morgan fingerprint density at radius 1 is 1.26 bits per heavy atom. The van der Waals surface area contributed by atoms with Gasteiger partial charge in [-0.15, -0.1) is 0 Å². The minimum atomic E-state index is 0.393. The van der Waals surface area contributed by atoms with Crippen molar-refractivity contribution in [1.29, 1.82) is 0 Å². The lowest BCUT2D eigenvalue weighted by Crippen LogP contribution is -2.42. The zero-order valence-corrected chi connectivity index (χ0v) is 12.7. The van der Waals surface area contributed by atoms with E-state index in [4.69, 9.17) is 0 Å². The number of rotatable bonds is 4. The summed E-state index contributed by atoms with van der Waals surface area (Å²) in [5.74, 6) is 0. The summed E-state index contributed by atoms with van der Waals surface area (Å²) in [6, 6.07) is 9.83. The first-order valence-electron chi connectivity index (χ1n) is 7.31. The fraction of sp³-hybridized carbons (Fsp3) is 0.625. The molecule has 1 aromatic rings. The number of anilines is 1. The van der Waals surface area contributed by atoms with E-state index in [0.29, 0.717) is 12.1 Å². The summed E-state index contributed by atoms with van der Waals surface area (Å²) in [6.07, 6.45) is 2.52. The quantitative estimate of drug-likeness (QED) is 0.898. The number of hydrogen-bond donors (Lipinski definition) is 1. The van der Waals surface area contributed by atoms with Crippen molar-refractivity contribution < 1.29 is 0 Å². The maximum Gasteiger partial charge on any atom is 0.0414 e. The Morgan fingerprint density at radius 2 is 1.89 bits per heavy atom. The van der Waals surface area contributed by atoms with Crippen molar-refractivity contribution in [2.24, 2.45) is 0 Å². The molecule has 1 unspecified atom stereocenters. The van der Waals surface area contributed by atoms with Gasteiger partial charge in [0.2, 0.25) is 0 Å². The Morgan fingerprint density at radius 3 is 2.53 bits per heavy atom. The molecular formula is C16H27N3. The molecule has 0 amide bonds. The van der Waals surface area contributed by atoms with E-state index in [1.807, 2.05) is 7.05 Å². The second-order valence-corrected chi connectivity index (χ2v) is 5.71. The van der Waals surface area contributed by atoms with Crippen LogP contribution in [0.3, 0.4) is 0 Å². The molecule has 1 heterocycles. The average Bonchev–Trinajstić information content (AvgIpc) is 2.46. The molecular weight excluding hydrogens is 234 g/mol. The van der Waals surface area contributed by atoms with Gasteiger partial charge in [0.05, 0.1) is 0 Å². The molecule has 0 spiro atoms. The van der Waals surface area contributed by atoms with Crippen molar-refractivity contribution in [3.8, 4) is 0 Å². The lowest BCUT2D eigenvalue weighted by Gasteiger charge is -2.37. The molecule has 19 heavy (non-hydrogen) atoms. The Hall–Kier alpha value is -1.06. The number of likely N-dealkylation sites (tertiary alicyclic amines) is 1. The van der Waals surface area contributed by atoms with E-state index >= 15 is 0 Å². The third-order valence-electron chi connectivity index (χ3n) is 4.45. The van der Waals surface area contributed by atoms with Crippen LogP contribution in [-0.2, 0) is 0 Å². The third-order valence-corrected chi connectivity index (χ3v) is 4.45. The molecule has 1 aliphatic rings. The zero-order chi connectivity index (χ0) is 13.8. The van der Waals surface area contributed by atoms with E-state index in [1.54, 1.807) is 0 Å². The molecule has 1 fully saturated rings. The minimum Gasteiger partial charge on any atom is -0.371 e. The molecule has 106 valence electrons. The highest BCUT2D eigenvalue weighted by molar-refractivity contribution is 5.55. The molecule has 3 nitrogen and oxygen atoms in total. The Kier molecular flexibility index (Phi) is 4.83. The van der Waals surface area contributed by atoms with E-state index in [0.717, 1.165) is 0 Å². The molecule has 3 heteroatoms. The topological polar surface area (TPSA) is 18.5 Å². The maximum atomic E-state index is 3.35. The van der Waals surface area contributed by atoms with Crippen LogP contribution >= 0.6 is 0 Å². The number of hydrogen-bond acceptors (Lipinski definition) is 3. The second kappa shape index (κ2) is 6.40. The van der Waals surface area contributed by atoms with Gasteiger partial charge in [0.25, 0.3) is 0 Å². The summed E-state index contributed by atoms with van der Waals surface area (Å²) in [7, 11) is 6.49. The molecule has 0 saturated carbocycles. The van der Waals surface area contributed by atoms with Gasteiger partial charge in [-0.3, -0.25) is 0 Å². The largest absolute Gasteiger partial charge is 0.371 e. The Balaban J connectivity index is 2.16.